The van der Waals surface area contributed by atoms with Crippen LogP contribution in [0.3, 0.4) is 0 Å². The zero-order valence-corrected chi connectivity index (χ0v) is 9.50. The van der Waals surface area contributed by atoms with Gasteiger partial charge in [-0.05, 0) is 30.7 Å². The van der Waals surface area contributed by atoms with Crippen LogP contribution in [-0.2, 0) is 6.54 Å². The fraction of sp³-hybridized carbons (Fsp3) is 0.143. The van der Waals surface area contributed by atoms with Gasteiger partial charge in [0, 0.05) is 17.7 Å². The summed E-state index contributed by atoms with van der Waals surface area (Å²) in [7, 11) is 0. The van der Waals surface area contributed by atoms with E-state index in [0.29, 0.717) is 16.7 Å². The lowest BCUT2D eigenvalue weighted by Gasteiger charge is -2.07. The van der Waals surface area contributed by atoms with Gasteiger partial charge >= 0.3 is 0 Å². The van der Waals surface area contributed by atoms with Crippen molar-refractivity contribution in [2.75, 3.05) is 0 Å². The van der Waals surface area contributed by atoms with Crippen LogP contribution in [0.2, 0.25) is 0 Å². The van der Waals surface area contributed by atoms with E-state index in [-0.39, 0.29) is 12.4 Å². The zero-order valence-electron chi connectivity index (χ0n) is 9.50. The number of hydrogen-bond donors (Lipinski definition) is 1. The van der Waals surface area contributed by atoms with E-state index in [9.17, 15) is 8.78 Å². The first-order valence-corrected chi connectivity index (χ1v) is 5.37. The summed E-state index contributed by atoms with van der Waals surface area (Å²) in [6.07, 6.45) is 0. The average Bonchev–Trinajstić information content (AvgIpc) is 2.32. The largest absolute Gasteiger partial charge is 0.326 e. The first kappa shape index (κ1) is 11.7. The minimum absolute atomic E-state index is 0.141. The summed E-state index contributed by atoms with van der Waals surface area (Å²) >= 11 is 0. The van der Waals surface area contributed by atoms with Crippen LogP contribution in [0.1, 0.15) is 11.1 Å². The van der Waals surface area contributed by atoms with Gasteiger partial charge in [0.05, 0.1) is 0 Å². The SMILES string of the molecule is Cc1ccc(F)c(-c2ccc(CN)c(F)c2)c1. The molecule has 0 saturated heterocycles. The molecule has 0 aromatic heterocycles. The van der Waals surface area contributed by atoms with Crippen molar-refractivity contribution in [3.8, 4) is 11.1 Å². The molecule has 0 aliphatic carbocycles. The predicted octanol–water partition coefficient (Wildman–Crippen LogP) is 3.40. The molecule has 2 rings (SSSR count). The summed E-state index contributed by atoms with van der Waals surface area (Å²) in [4.78, 5) is 0. The standard InChI is InChI=1S/C14H13F2N/c1-9-2-5-13(15)12(6-9)10-3-4-11(8-17)14(16)7-10/h2-7H,8,17H2,1H3. The third-order valence-corrected chi connectivity index (χ3v) is 2.71. The summed E-state index contributed by atoms with van der Waals surface area (Å²) in [6, 6.07) is 9.37. The minimum atomic E-state index is -0.397. The number of benzene rings is 2. The van der Waals surface area contributed by atoms with Crippen LogP contribution in [0.5, 0.6) is 0 Å². The van der Waals surface area contributed by atoms with E-state index in [1.807, 2.05) is 6.92 Å². The molecular weight excluding hydrogens is 220 g/mol. The normalized spacial score (nSPS) is 10.6. The van der Waals surface area contributed by atoms with Crippen molar-refractivity contribution in [2.45, 2.75) is 13.5 Å². The topological polar surface area (TPSA) is 26.0 Å². The lowest BCUT2D eigenvalue weighted by molar-refractivity contribution is 0.610. The van der Waals surface area contributed by atoms with E-state index >= 15 is 0 Å². The highest BCUT2D eigenvalue weighted by molar-refractivity contribution is 5.65. The molecule has 0 fully saturated rings. The molecule has 88 valence electrons. The van der Waals surface area contributed by atoms with Crippen LogP contribution in [0.4, 0.5) is 8.78 Å². The molecule has 17 heavy (non-hydrogen) atoms. The summed E-state index contributed by atoms with van der Waals surface area (Å²) in [5.41, 5.74) is 7.68. The van der Waals surface area contributed by atoms with Gasteiger partial charge < -0.3 is 5.73 Å². The highest BCUT2D eigenvalue weighted by Gasteiger charge is 2.08. The molecule has 2 aromatic carbocycles. The van der Waals surface area contributed by atoms with Gasteiger partial charge in [-0.15, -0.1) is 0 Å². The molecule has 0 heterocycles. The Morgan fingerprint density at radius 1 is 1.00 bits per heavy atom. The molecule has 0 saturated carbocycles. The van der Waals surface area contributed by atoms with Crippen LogP contribution < -0.4 is 5.73 Å². The van der Waals surface area contributed by atoms with E-state index in [0.717, 1.165) is 5.56 Å². The maximum absolute atomic E-state index is 13.6. The van der Waals surface area contributed by atoms with Crippen molar-refractivity contribution < 1.29 is 8.78 Å². The van der Waals surface area contributed by atoms with Gasteiger partial charge in [0.15, 0.2) is 0 Å². The molecular formula is C14H13F2N. The second kappa shape index (κ2) is 4.63. The van der Waals surface area contributed by atoms with E-state index in [1.54, 1.807) is 24.3 Å². The molecule has 0 radical (unpaired) electrons. The molecule has 1 nitrogen and oxygen atoms in total. The smallest absolute Gasteiger partial charge is 0.131 e. The maximum atomic E-state index is 13.6. The first-order chi connectivity index (χ1) is 8.11. The Hall–Kier alpha value is -1.74. The van der Waals surface area contributed by atoms with Gasteiger partial charge in [0.1, 0.15) is 11.6 Å². The second-order valence-electron chi connectivity index (χ2n) is 3.99. The highest BCUT2D eigenvalue weighted by Crippen LogP contribution is 2.25. The van der Waals surface area contributed by atoms with Gasteiger partial charge in [-0.2, -0.15) is 0 Å². The summed E-state index contributed by atoms with van der Waals surface area (Å²) in [5.74, 6) is -0.749. The lowest BCUT2D eigenvalue weighted by Crippen LogP contribution is -1.99. The Kier molecular flexibility index (Phi) is 3.20. The van der Waals surface area contributed by atoms with Crippen molar-refractivity contribution in [1.82, 2.24) is 0 Å². The fourth-order valence-corrected chi connectivity index (χ4v) is 1.74. The van der Waals surface area contributed by atoms with E-state index in [2.05, 4.69) is 0 Å². The van der Waals surface area contributed by atoms with Crippen LogP contribution >= 0.6 is 0 Å². The summed E-state index contributed by atoms with van der Waals surface area (Å²) in [6.45, 7) is 2.01. The Morgan fingerprint density at radius 2 is 1.76 bits per heavy atom. The molecule has 2 aromatic rings. The molecule has 0 spiro atoms. The fourth-order valence-electron chi connectivity index (χ4n) is 1.74. The number of hydrogen-bond acceptors (Lipinski definition) is 1. The number of aryl methyl sites for hydroxylation is 1. The lowest BCUT2D eigenvalue weighted by atomic mass is 10.0. The predicted molar refractivity (Wildman–Crippen MR) is 64.4 cm³/mol. The molecule has 0 atom stereocenters. The van der Waals surface area contributed by atoms with E-state index < -0.39 is 5.82 Å². The number of rotatable bonds is 2. The van der Waals surface area contributed by atoms with Crippen molar-refractivity contribution in [3.63, 3.8) is 0 Å². The van der Waals surface area contributed by atoms with Crippen LogP contribution in [0, 0.1) is 18.6 Å². The van der Waals surface area contributed by atoms with Crippen LogP contribution in [0.25, 0.3) is 11.1 Å². The molecule has 0 unspecified atom stereocenters. The van der Waals surface area contributed by atoms with Crippen molar-refractivity contribution in [2.24, 2.45) is 5.73 Å². The quantitative estimate of drug-likeness (QED) is 0.845. The Morgan fingerprint density at radius 3 is 2.41 bits per heavy atom. The van der Waals surface area contributed by atoms with Gasteiger partial charge in [0.2, 0.25) is 0 Å². The zero-order chi connectivity index (χ0) is 12.4. The summed E-state index contributed by atoms with van der Waals surface area (Å²) < 4.78 is 27.2. The molecule has 0 aliphatic rings. The van der Waals surface area contributed by atoms with Gasteiger partial charge in [0.25, 0.3) is 0 Å². The van der Waals surface area contributed by atoms with Gasteiger partial charge in [-0.25, -0.2) is 8.78 Å². The second-order valence-corrected chi connectivity index (χ2v) is 3.99. The van der Waals surface area contributed by atoms with Crippen LogP contribution in [0.15, 0.2) is 36.4 Å². The first-order valence-electron chi connectivity index (χ1n) is 5.37. The Labute approximate surface area is 98.9 Å². The molecule has 0 aliphatic heterocycles. The number of halogens is 2. The monoisotopic (exact) mass is 233 g/mol. The Bertz CT molecular complexity index is 550. The third kappa shape index (κ3) is 2.34. The van der Waals surface area contributed by atoms with Gasteiger partial charge in [-0.3, -0.25) is 0 Å². The maximum Gasteiger partial charge on any atom is 0.131 e. The molecule has 2 N–H and O–H groups in total. The summed E-state index contributed by atoms with van der Waals surface area (Å²) in [5, 5.41) is 0. The average molecular weight is 233 g/mol. The van der Waals surface area contributed by atoms with E-state index in [4.69, 9.17) is 5.73 Å². The third-order valence-electron chi connectivity index (χ3n) is 2.71. The highest BCUT2D eigenvalue weighted by atomic mass is 19.1. The van der Waals surface area contributed by atoms with E-state index in [1.165, 1.54) is 12.1 Å². The van der Waals surface area contributed by atoms with Crippen molar-refractivity contribution in [1.29, 1.82) is 0 Å². The van der Waals surface area contributed by atoms with Crippen molar-refractivity contribution >= 4 is 0 Å². The van der Waals surface area contributed by atoms with Crippen LogP contribution in [-0.4, -0.2) is 0 Å². The molecule has 0 bridgehead atoms. The molecule has 0 amide bonds. The molecule has 3 heteroatoms. The Balaban J connectivity index is 2.53. The van der Waals surface area contributed by atoms with Crippen molar-refractivity contribution in [3.05, 3.63) is 59.2 Å². The minimum Gasteiger partial charge on any atom is -0.326 e. The number of nitrogens with two attached hydrogens (primary N) is 1. The van der Waals surface area contributed by atoms with Gasteiger partial charge in [-0.1, -0.05) is 23.8 Å².